The van der Waals surface area contributed by atoms with Crippen molar-refractivity contribution in [3.63, 3.8) is 0 Å². The summed E-state index contributed by atoms with van der Waals surface area (Å²) in [7, 11) is 0. The molecule has 6 rings (SSSR count). The number of hydrogen-bond donors (Lipinski definition) is 1. The lowest BCUT2D eigenvalue weighted by atomic mass is 9.81. The van der Waals surface area contributed by atoms with Crippen molar-refractivity contribution in [2.24, 2.45) is 11.8 Å². The highest BCUT2D eigenvalue weighted by atomic mass is 32.1. The minimum absolute atomic E-state index is 0.0417. The van der Waals surface area contributed by atoms with Gasteiger partial charge in [-0.2, -0.15) is 0 Å². The molecule has 4 aromatic rings. The van der Waals surface area contributed by atoms with E-state index in [9.17, 15) is 23.6 Å². The smallest absolute Gasteiger partial charge is 0.332 e. The minimum atomic E-state index is -0.484. The van der Waals surface area contributed by atoms with E-state index in [0.29, 0.717) is 61.5 Å². The van der Waals surface area contributed by atoms with Gasteiger partial charge in [-0.25, -0.2) is 9.18 Å². The molecule has 1 saturated heterocycles. The Bertz CT molecular complexity index is 1750. The number of carbonyl (C=O) groups is 2. The van der Waals surface area contributed by atoms with Crippen molar-refractivity contribution < 1.29 is 14.0 Å². The number of piperazine rings is 1. The summed E-state index contributed by atoms with van der Waals surface area (Å²) < 4.78 is 17.4. The fourth-order valence-electron chi connectivity index (χ4n) is 6.38. The average Bonchev–Trinajstić information content (AvgIpc) is 3.55. The summed E-state index contributed by atoms with van der Waals surface area (Å²) in [6.45, 7) is 2.39. The van der Waals surface area contributed by atoms with E-state index in [4.69, 9.17) is 0 Å². The second kappa shape index (κ2) is 13.2. The van der Waals surface area contributed by atoms with Gasteiger partial charge in [0.2, 0.25) is 11.8 Å². The zero-order valence-electron chi connectivity index (χ0n) is 24.5. The molecule has 0 bridgehead atoms. The molecule has 2 aliphatic rings. The summed E-state index contributed by atoms with van der Waals surface area (Å²) in [5, 5.41) is 4.80. The quantitative estimate of drug-likeness (QED) is 0.324. The predicted octanol–water partition coefficient (Wildman–Crippen LogP) is 3.84. The number of aromatic nitrogens is 2. The van der Waals surface area contributed by atoms with Crippen LogP contribution in [0.25, 0.3) is 10.2 Å². The van der Waals surface area contributed by atoms with Gasteiger partial charge in [0.25, 0.3) is 5.56 Å². The van der Waals surface area contributed by atoms with Crippen molar-refractivity contribution in [3.8, 4) is 0 Å². The second-order valence-electron chi connectivity index (χ2n) is 11.7. The van der Waals surface area contributed by atoms with Gasteiger partial charge >= 0.3 is 5.69 Å². The second-order valence-corrected chi connectivity index (χ2v) is 12.6. The lowest BCUT2D eigenvalue weighted by Crippen LogP contribution is -2.51. The highest BCUT2D eigenvalue weighted by Gasteiger charge is 2.29. The lowest BCUT2D eigenvalue weighted by molar-refractivity contribution is -0.132. The van der Waals surface area contributed by atoms with Gasteiger partial charge in [0.15, 0.2) is 0 Å². The van der Waals surface area contributed by atoms with Gasteiger partial charge < -0.3 is 15.1 Å². The van der Waals surface area contributed by atoms with E-state index in [-0.39, 0.29) is 48.1 Å². The van der Waals surface area contributed by atoms with Crippen LogP contribution in [0, 0.1) is 17.7 Å². The van der Waals surface area contributed by atoms with Crippen LogP contribution in [0.3, 0.4) is 0 Å². The van der Waals surface area contributed by atoms with Gasteiger partial charge in [0, 0.05) is 45.2 Å². The molecule has 2 aromatic heterocycles. The topological polar surface area (TPSA) is 96.6 Å². The summed E-state index contributed by atoms with van der Waals surface area (Å²) in [5.74, 6) is -0.452. The van der Waals surface area contributed by atoms with Gasteiger partial charge in [-0.05, 0) is 60.7 Å². The van der Waals surface area contributed by atoms with Gasteiger partial charge in [0.05, 0.1) is 11.2 Å². The van der Waals surface area contributed by atoms with Crippen LogP contribution in [0.4, 0.5) is 10.1 Å². The number of hydrogen-bond acceptors (Lipinski definition) is 6. The van der Waals surface area contributed by atoms with Crippen LogP contribution in [0.1, 0.15) is 31.2 Å². The molecule has 2 aromatic carbocycles. The SMILES string of the molecule is O=C(NCc1ccccc1)C1CCC(Cn2c(=O)c3sccc3n(CC(=O)N3CCN(c4ccccc4F)CC3)c2=O)CC1. The molecular formula is C33H36FN5O4S. The number of amides is 2. The minimum Gasteiger partial charge on any atom is -0.366 e. The predicted molar refractivity (Wildman–Crippen MR) is 169 cm³/mol. The lowest BCUT2D eigenvalue weighted by Gasteiger charge is -2.36. The van der Waals surface area contributed by atoms with Crippen LogP contribution in [0.5, 0.6) is 0 Å². The summed E-state index contributed by atoms with van der Waals surface area (Å²) in [5.41, 5.74) is 1.23. The number of anilines is 1. The summed E-state index contributed by atoms with van der Waals surface area (Å²) >= 11 is 1.27. The maximum atomic E-state index is 14.3. The average molecular weight is 618 g/mol. The number of para-hydroxylation sites is 1. The highest BCUT2D eigenvalue weighted by molar-refractivity contribution is 7.17. The van der Waals surface area contributed by atoms with Crippen molar-refractivity contribution in [1.82, 2.24) is 19.4 Å². The maximum Gasteiger partial charge on any atom is 0.332 e. The Morgan fingerprint density at radius 3 is 2.30 bits per heavy atom. The van der Waals surface area contributed by atoms with Crippen molar-refractivity contribution in [1.29, 1.82) is 0 Å². The van der Waals surface area contributed by atoms with Crippen molar-refractivity contribution in [2.45, 2.75) is 45.3 Å². The Hall–Kier alpha value is -4.25. The first-order valence-electron chi connectivity index (χ1n) is 15.2. The summed E-state index contributed by atoms with van der Waals surface area (Å²) in [6, 6.07) is 18.1. The van der Waals surface area contributed by atoms with Crippen LogP contribution in [0.15, 0.2) is 75.6 Å². The molecule has 1 saturated carbocycles. The zero-order chi connectivity index (χ0) is 30.6. The molecule has 1 aliphatic carbocycles. The largest absolute Gasteiger partial charge is 0.366 e. The van der Waals surface area contributed by atoms with E-state index in [1.54, 1.807) is 34.5 Å². The van der Waals surface area contributed by atoms with Crippen molar-refractivity contribution in [2.75, 3.05) is 31.1 Å². The maximum absolute atomic E-state index is 14.3. The molecule has 11 heteroatoms. The van der Waals surface area contributed by atoms with Gasteiger partial charge in [0.1, 0.15) is 17.1 Å². The number of fused-ring (bicyclic) bond motifs is 1. The van der Waals surface area contributed by atoms with Gasteiger partial charge in [-0.3, -0.25) is 23.5 Å². The first-order chi connectivity index (χ1) is 21.4. The Kier molecular flexibility index (Phi) is 8.92. The number of rotatable bonds is 8. The van der Waals surface area contributed by atoms with Crippen molar-refractivity contribution in [3.05, 3.63) is 98.3 Å². The molecule has 1 aliphatic heterocycles. The van der Waals surface area contributed by atoms with Crippen LogP contribution in [0.2, 0.25) is 0 Å². The monoisotopic (exact) mass is 617 g/mol. The van der Waals surface area contributed by atoms with Crippen LogP contribution in [-0.4, -0.2) is 52.0 Å². The highest BCUT2D eigenvalue weighted by Crippen LogP contribution is 2.30. The molecule has 1 N–H and O–H groups in total. The summed E-state index contributed by atoms with van der Waals surface area (Å²) in [6.07, 6.45) is 2.88. The molecule has 44 heavy (non-hydrogen) atoms. The molecule has 230 valence electrons. The van der Waals surface area contributed by atoms with E-state index in [0.717, 1.165) is 18.4 Å². The molecule has 3 heterocycles. The molecule has 0 spiro atoms. The number of halogens is 1. The Balaban J connectivity index is 1.10. The number of carbonyl (C=O) groups excluding carboxylic acids is 2. The van der Waals surface area contributed by atoms with Crippen LogP contribution in [-0.2, 0) is 29.2 Å². The fourth-order valence-corrected chi connectivity index (χ4v) is 7.23. The molecule has 9 nitrogen and oxygen atoms in total. The molecule has 2 fully saturated rings. The fraction of sp³-hybridized carbons (Fsp3) is 0.394. The van der Waals surface area contributed by atoms with Crippen molar-refractivity contribution >= 4 is 39.1 Å². The van der Waals surface area contributed by atoms with Gasteiger partial charge in [-0.15, -0.1) is 11.3 Å². The first kappa shape index (κ1) is 29.8. The van der Waals surface area contributed by atoms with Crippen LogP contribution < -0.4 is 21.5 Å². The Labute approximate surface area is 258 Å². The molecule has 0 atom stereocenters. The molecular weight excluding hydrogens is 581 g/mol. The third kappa shape index (κ3) is 6.33. The molecule has 2 amide bonds. The van der Waals surface area contributed by atoms with E-state index >= 15 is 0 Å². The number of nitrogens with one attached hydrogen (secondary N) is 1. The first-order valence-corrected chi connectivity index (χ1v) is 16.1. The van der Waals surface area contributed by atoms with E-state index in [2.05, 4.69) is 5.32 Å². The zero-order valence-corrected chi connectivity index (χ0v) is 25.3. The van der Waals surface area contributed by atoms with E-state index < -0.39 is 5.69 Å². The third-order valence-electron chi connectivity index (χ3n) is 8.92. The number of benzene rings is 2. The van der Waals surface area contributed by atoms with E-state index in [1.165, 1.54) is 26.5 Å². The van der Waals surface area contributed by atoms with Gasteiger partial charge in [-0.1, -0.05) is 42.5 Å². The molecule has 0 radical (unpaired) electrons. The number of nitrogens with zero attached hydrogens (tertiary/aromatic N) is 4. The normalized spacial score (nSPS) is 18.8. The van der Waals surface area contributed by atoms with Crippen LogP contribution >= 0.6 is 11.3 Å². The molecule has 0 unspecified atom stereocenters. The summed E-state index contributed by atoms with van der Waals surface area (Å²) in [4.78, 5) is 56.9. The standard InChI is InChI=1S/C33H36FN5O4S/c34-26-8-4-5-9-27(26)36-15-17-37(18-16-36)29(40)22-38-28-14-19-44-30(28)32(42)39(33(38)43)21-24-10-12-25(13-11-24)31(41)35-20-23-6-2-1-3-7-23/h1-9,14,19,24-25H,10-13,15-18,20-22H2,(H,35,41). The van der Waals surface area contributed by atoms with E-state index in [1.807, 2.05) is 35.2 Å². The Morgan fingerprint density at radius 2 is 1.57 bits per heavy atom. The third-order valence-corrected chi connectivity index (χ3v) is 9.81. The Morgan fingerprint density at radius 1 is 0.864 bits per heavy atom. The number of thiophene rings is 1.